The third-order valence-corrected chi connectivity index (χ3v) is 3.68. The highest BCUT2D eigenvalue weighted by molar-refractivity contribution is 5.13. The number of methoxy groups -OCH3 is 1. The van der Waals surface area contributed by atoms with Crippen LogP contribution in [0.25, 0.3) is 0 Å². The summed E-state index contributed by atoms with van der Waals surface area (Å²) in [4.78, 5) is 0. The summed E-state index contributed by atoms with van der Waals surface area (Å²) in [5.41, 5.74) is 1.16. The predicted octanol–water partition coefficient (Wildman–Crippen LogP) is 0.0103. The van der Waals surface area contributed by atoms with E-state index in [4.69, 9.17) is 9.47 Å². The van der Waals surface area contributed by atoms with E-state index in [2.05, 4.69) is 0 Å². The van der Waals surface area contributed by atoms with Crippen molar-refractivity contribution in [1.29, 1.82) is 0 Å². The molecule has 1 rings (SSSR count). The first-order valence-corrected chi connectivity index (χ1v) is 7.90. The van der Waals surface area contributed by atoms with Gasteiger partial charge in [-0.15, -0.1) is 0 Å². The number of quaternary nitrogens is 1. The molecule has 3 unspecified atom stereocenters. The summed E-state index contributed by atoms with van der Waals surface area (Å²) in [6.07, 6.45) is -1.35. The molecule has 3 atom stereocenters. The SMILES string of the molecule is COCC(O)COCC(O)C[N+](C)(CCO)Cc1ccccc1. The molecule has 0 heterocycles. The van der Waals surface area contributed by atoms with Gasteiger partial charge in [0, 0.05) is 12.7 Å². The van der Waals surface area contributed by atoms with Crippen molar-refractivity contribution in [1.82, 2.24) is 0 Å². The average molecular weight is 328 g/mol. The topological polar surface area (TPSA) is 79.2 Å². The molecule has 0 aliphatic carbocycles. The van der Waals surface area contributed by atoms with Crippen molar-refractivity contribution >= 4 is 0 Å². The lowest BCUT2D eigenvalue weighted by atomic mass is 10.1. The first-order valence-electron chi connectivity index (χ1n) is 7.90. The predicted molar refractivity (Wildman–Crippen MR) is 87.9 cm³/mol. The fourth-order valence-electron chi connectivity index (χ4n) is 2.64. The third-order valence-electron chi connectivity index (χ3n) is 3.68. The van der Waals surface area contributed by atoms with Crippen molar-refractivity contribution in [2.75, 3.05) is 53.7 Å². The van der Waals surface area contributed by atoms with E-state index in [1.54, 1.807) is 0 Å². The smallest absolute Gasteiger partial charge is 0.126 e. The Balaban J connectivity index is 2.47. The van der Waals surface area contributed by atoms with E-state index in [0.29, 0.717) is 17.6 Å². The van der Waals surface area contributed by atoms with Gasteiger partial charge in [0.25, 0.3) is 0 Å². The minimum atomic E-state index is -0.685. The molecule has 6 heteroatoms. The average Bonchev–Trinajstić information content (AvgIpc) is 2.48. The third kappa shape index (κ3) is 8.41. The van der Waals surface area contributed by atoms with Crippen molar-refractivity contribution in [3.8, 4) is 0 Å². The van der Waals surface area contributed by atoms with Gasteiger partial charge in [-0.3, -0.25) is 0 Å². The van der Waals surface area contributed by atoms with E-state index in [1.807, 2.05) is 37.4 Å². The quantitative estimate of drug-likeness (QED) is 0.471. The molecule has 3 N–H and O–H groups in total. The van der Waals surface area contributed by atoms with Crippen LogP contribution in [0.3, 0.4) is 0 Å². The van der Waals surface area contributed by atoms with Crippen molar-refractivity contribution in [3.63, 3.8) is 0 Å². The van der Waals surface area contributed by atoms with Gasteiger partial charge in [-0.2, -0.15) is 0 Å². The molecule has 1 aromatic carbocycles. The zero-order valence-corrected chi connectivity index (χ0v) is 14.1. The van der Waals surface area contributed by atoms with Crippen molar-refractivity contribution < 1.29 is 29.3 Å². The molecule has 0 fully saturated rings. The van der Waals surface area contributed by atoms with Crippen LogP contribution in [0.4, 0.5) is 0 Å². The van der Waals surface area contributed by atoms with Crippen LogP contribution in [0.1, 0.15) is 5.56 Å². The normalized spacial score (nSPS) is 16.7. The van der Waals surface area contributed by atoms with Gasteiger partial charge in [0.05, 0.1) is 33.5 Å². The van der Waals surface area contributed by atoms with E-state index in [1.165, 1.54) is 7.11 Å². The fraction of sp³-hybridized carbons (Fsp3) is 0.647. The lowest BCUT2D eigenvalue weighted by Gasteiger charge is -2.35. The molecule has 0 saturated carbocycles. The Morgan fingerprint density at radius 3 is 2.30 bits per heavy atom. The number of hydrogen-bond acceptors (Lipinski definition) is 5. The standard InChI is InChI=1S/C17H30NO5/c1-18(8-9-19,10-15-6-4-3-5-7-15)11-16(20)13-23-14-17(21)12-22-2/h3-7,16-17,19-21H,8-14H2,1-2H3/q+1. The molecule has 0 spiro atoms. The highest BCUT2D eigenvalue weighted by Gasteiger charge is 2.26. The number of likely N-dealkylation sites (N-methyl/N-ethyl adjacent to an activating group) is 1. The first-order chi connectivity index (χ1) is 11.0. The molecule has 0 amide bonds. The van der Waals surface area contributed by atoms with Gasteiger partial charge < -0.3 is 29.3 Å². The van der Waals surface area contributed by atoms with E-state index in [-0.39, 0.29) is 26.4 Å². The first kappa shape index (κ1) is 20.0. The molecule has 1 aromatic rings. The second-order valence-electron chi connectivity index (χ2n) is 6.19. The van der Waals surface area contributed by atoms with Crippen molar-refractivity contribution in [2.24, 2.45) is 0 Å². The number of aliphatic hydroxyl groups is 3. The second kappa shape index (κ2) is 10.7. The van der Waals surface area contributed by atoms with Crippen LogP contribution in [0, 0.1) is 0 Å². The van der Waals surface area contributed by atoms with Crippen molar-refractivity contribution in [2.45, 2.75) is 18.8 Å². The number of nitrogens with zero attached hydrogens (tertiary/aromatic N) is 1. The van der Waals surface area contributed by atoms with Gasteiger partial charge in [-0.05, 0) is 0 Å². The van der Waals surface area contributed by atoms with Crippen LogP contribution in [0.15, 0.2) is 30.3 Å². The lowest BCUT2D eigenvalue weighted by Crippen LogP contribution is -2.50. The number of hydrogen-bond donors (Lipinski definition) is 3. The van der Waals surface area contributed by atoms with Gasteiger partial charge >= 0.3 is 0 Å². The van der Waals surface area contributed by atoms with Crippen molar-refractivity contribution in [3.05, 3.63) is 35.9 Å². The summed E-state index contributed by atoms with van der Waals surface area (Å²) in [6, 6.07) is 10.0. The maximum absolute atomic E-state index is 10.2. The highest BCUT2D eigenvalue weighted by atomic mass is 16.5. The molecular formula is C17H30NO5+. The molecule has 0 radical (unpaired) electrons. The number of benzene rings is 1. The van der Waals surface area contributed by atoms with Crippen LogP contribution in [0.5, 0.6) is 0 Å². The number of ether oxygens (including phenoxy) is 2. The molecular weight excluding hydrogens is 298 g/mol. The Hall–Kier alpha value is -1.02. The second-order valence-corrected chi connectivity index (χ2v) is 6.19. The van der Waals surface area contributed by atoms with Crippen LogP contribution in [-0.2, 0) is 16.0 Å². The molecule has 0 aliphatic rings. The Morgan fingerprint density at radius 2 is 1.70 bits per heavy atom. The zero-order valence-electron chi connectivity index (χ0n) is 14.1. The Bertz CT molecular complexity index is 417. The summed E-state index contributed by atoms with van der Waals surface area (Å²) < 4.78 is 10.7. The van der Waals surface area contributed by atoms with E-state index in [9.17, 15) is 15.3 Å². The van der Waals surface area contributed by atoms with Gasteiger partial charge in [-0.1, -0.05) is 30.3 Å². The largest absolute Gasteiger partial charge is 0.391 e. The molecule has 0 bridgehead atoms. The fourth-order valence-corrected chi connectivity index (χ4v) is 2.64. The van der Waals surface area contributed by atoms with E-state index in [0.717, 1.165) is 12.1 Å². The van der Waals surface area contributed by atoms with Crippen LogP contribution in [0.2, 0.25) is 0 Å². The highest BCUT2D eigenvalue weighted by Crippen LogP contribution is 2.13. The van der Waals surface area contributed by atoms with Crippen LogP contribution < -0.4 is 0 Å². The Kier molecular flexibility index (Phi) is 9.31. The summed E-state index contributed by atoms with van der Waals surface area (Å²) in [5.74, 6) is 0. The summed E-state index contributed by atoms with van der Waals surface area (Å²) in [6.45, 7) is 2.30. The summed E-state index contributed by atoms with van der Waals surface area (Å²) in [5, 5.41) is 29.0. The van der Waals surface area contributed by atoms with Gasteiger partial charge in [-0.25, -0.2) is 0 Å². The minimum Gasteiger partial charge on any atom is -0.391 e. The van der Waals surface area contributed by atoms with Gasteiger partial charge in [0.2, 0.25) is 0 Å². The lowest BCUT2D eigenvalue weighted by molar-refractivity contribution is -0.925. The zero-order chi connectivity index (χ0) is 17.1. The summed E-state index contributed by atoms with van der Waals surface area (Å²) in [7, 11) is 3.52. The molecule has 132 valence electrons. The van der Waals surface area contributed by atoms with Crippen LogP contribution >= 0.6 is 0 Å². The minimum absolute atomic E-state index is 0.0590. The molecule has 6 nitrogen and oxygen atoms in total. The monoisotopic (exact) mass is 328 g/mol. The summed E-state index contributed by atoms with van der Waals surface area (Å²) >= 11 is 0. The number of rotatable bonds is 12. The molecule has 0 aliphatic heterocycles. The maximum Gasteiger partial charge on any atom is 0.126 e. The number of aliphatic hydroxyl groups excluding tert-OH is 3. The van der Waals surface area contributed by atoms with E-state index < -0.39 is 12.2 Å². The van der Waals surface area contributed by atoms with E-state index >= 15 is 0 Å². The molecule has 0 aromatic heterocycles. The van der Waals surface area contributed by atoms with Gasteiger partial charge in [0.1, 0.15) is 31.8 Å². The molecule has 0 saturated heterocycles. The van der Waals surface area contributed by atoms with Crippen LogP contribution in [-0.4, -0.2) is 85.7 Å². The molecule has 23 heavy (non-hydrogen) atoms. The maximum atomic E-state index is 10.2. The Labute approximate surface area is 138 Å². The van der Waals surface area contributed by atoms with Gasteiger partial charge in [0.15, 0.2) is 0 Å². The Morgan fingerprint density at radius 1 is 1.04 bits per heavy atom.